The minimum atomic E-state index is -0.874. The number of amides is 4. The third-order valence-electron chi connectivity index (χ3n) is 6.80. The van der Waals surface area contributed by atoms with E-state index >= 15 is 0 Å². The van der Waals surface area contributed by atoms with Crippen LogP contribution >= 0.6 is 0 Å². The molecule has 2 saturated carbocycles. The highest BCUT2D eigenvalue weighted by atomic mass is 16.5. The second-order valence-electron chi connectivity index (χ2n) is 9.18. The summed E-state index contributed by atoms with van der Waals surface area (Å²) in [7, 11) is 3.22. The smallest absolute Gasteiger partial charge is 0.344 e. The van der Waals surface area contributed by atoms with Gasteiger partial charge in [0.15, 0.2) is 0 Å². The Morgan fingerprint density at radius 1 is 1.19 bits per heavy atom. The van der Waals surface area contributed by atoms with Crippen LogP contribution < -0.4 is 20.2 Å². The maximum Gasteiger partial charge on any atom is 0.344 e. The first kappa shape index (κ1) is 22.4. The summed E-state index contributed by atoms with van der Waals surface area (Å²) in [5.41, 5.74) is 2.59. The van der Waals surface area contributed by atoms with E-state index in [-0.39, 0.29) is 24.4 Å². The van der Waals surface area contributed by atoms with Gasteiger partial charge in [0, 0.05) is 18.2 Å². The van der Waals surface area contributed by atoms with E-state index in [0.29, 0.717) is 31.1 Å². The molecular weight excluding hydrogens is 412 g/mol. The maximum atomic E-state index is 13.0. The summed E-state index contributed by atoms with van der Waals surface area (Å²) < 4.78 is 10.8. The first-order valence-corrected chi connectivity index (χ1v) is 11.3. The Kier molecular flexibility index (Phi) is 6.28. The SMILES string of the molecule is COc1ccc(OC)c(CN(CC(=O)NN2C(=O)NC3(CCC(C)CC3)C2=O)C2CC2)c1. The fourth-order valence-electron chi connectivity index (χ4n) is 4.64. The number of urea groups is 1. The van der Waals surface area contributed by atoms with Crippen LogP contribution in [0.4, 0.5) is 4.79 Å². The molecule has 3 fully saturated rings. The number of nitrogens with one attached hydrogen (secondary N) is 2. The third-order valence-corrected chi connectivity index (χ3v) is 6.80. The van der Waals surface area contributed by atoms with E-state index in [9.17, 15) is 14.4 Å². The molecule has 32 heavy (non-hydrogen) atoms. The van der Waals surface area contributed by atoms with Crippen molar-refractivity contribution < 1.29 is 23.9 Å². The van der Waals surface area contributed by atoms with Crippen molar-refractivity contribution in [3.8, 4) is 11.5 Å². The van der Waals surface area contributed by atoms with Gasteiger partial charge in [0.05, 0.1) is 20.8 Å². The molecule has 1 aromatic carbocycles. The molecule has 0 aromatic heterocycles. The van der Waals surface area contributed by atoms with Gasteiger partial charge in [0.1, 0.15) is 17.0 Å². The van der Waals surface area contributed by atoms with Gasteiger partial charge in [-0.3, -0.25) is 19.9 Å². The third kappa shape index (κ3) is 4.53. The topological polar surface area (TPSA) is 100 Å². The number of hydrogen-bond acceptors (Lipinski definition) is 6. The highest BCUT2D eigenvalue weighted by Crippen LogP contribution is 2.36. The Bertz CT molecular complexity index is 892. The van der Waals surface area contributed by atoms with Gasteiger partial charge in [-0.1, -0.05) is 6.92 Å². The van der Waals surface area contributed by atoms with Crippen molar-refractivity contribution in [2.45, 2.75) is 63.6 Å². The molecule has 0 unspecified atom stereocenters. The minimum Gasteiger partial charge on any atom is -0.497 e. The lowest BCUT2D eigenvalue weighted by atomic mass is 9.77. The lowest BCUT2D eigenvalue weighted by Gasteiger charge is -2.33. The summed E-state index contributed by atoms with van der Waals surface area (Å²) in [6, 6.07) is 5.31. The number of hydrogen-bond donors (Lipinski definition) is 2. The molecule has 0 atom stereocenters. The number of carbonyl (C=O) groups excluding carboxylic acids is 3. The van der Waals surface area contributed by atoms with Crippen LogP contribution in [0.1, 0.15) is 51.0 Å². The molecule has 0 bridgehead atoms. The molecule has 2 N–H and O–H groups in total. The monoisotopic (exact) mass is 444 g/mol. The Balaban J connectivity index is 1.41. The summed E-state index contributed by atoms with van der Waals surface area (Å²) in [5.74, 6) is 1.24. The van der Waals surface area contributed by atoms with Crippen LogP contribution in [0.5, 0.6) is 11.5 Å². The van der Waals surface area contributed by atoms with Crippen LogP contribution in [0.15, 0.2) is 18.2 Å². The van der Waals surface area contributed by atoms with Gasteiger partial charge in [0.25, 0.3) is 11.8 Å². The highest BCUT2D eigenvalue weighted by Gasteiger charge is 2.53. The summed E-state index contributed by atoms with van der Waals surface area (Å²) in [6.45, 7) is 2.73. The molecule has 3 aliphatic rings. The van der Waals surface area contributed by atoms with Gasteiger partial charge in [-0.05, 0) is 62.6 Å². The molecule has 4 amide bonds. The van der Waals surface area contributed by atoms with Crippen molar-refractivity contribution in [3.05, 3.63) is 23.8 Å². The van der Waals surface area contributed by atoms with Gasteiger partial charge in [-0.2, -0.15) is 5.01 Å². The quantitative estimate of drug-likeness (QED) is 0.597. The second-order valence-corrected chi connectivity index (χ2v) is 9.18. The van der Waals surface area contributed by atoms with Gasteiger partial charge in [-0.15, -0.1) is 0 Å². The fourth-order valence-corrected chi connectivity index (χ4v) is 4.64. The van der Waals surface area contributed by atoms with Crippen LogP contribution in [0.3, 0.4) is 0 Å². The average Bonchev–Trinajstić information content (AvgIpc) is 3.60. The van der Waals surface area contributed by atoms with Gasteiger partial charge < -0.3 is 14.8 Å². The highest BCUT2D eigenvalue weighted by molar-refractivity contribution is 6.08. The van der Waals surface area contributed by atoms with Crippen LogP contribution in [0, 0.1) is 5.92 Å². The van der Waals surface area contributed by atoms with E-state index < -0.39 is 11.6 Å². The van der Waals surface area contributed by atoms with Gasteiger partial charge in [-0.25, -0.2) is 4.79 Å². The van der Waals surface area contributed by atoms with Crippen LogP contribution in [0.25, 0.3) is 0 Å². The lowest BCUT2D eigenvalue weighted by Crippen LogP contribution is -2.53. The van der Waals surface area contributed by atoms with Crippen molar-refractivity contribution in [1.82, 2.24) is 20.7 Å². The standard InChI is InChI=1S/C23H32N4O5/c1-15-8-10-23(11-9-15)21(29)27(22(30)24-23)25-20(28)14-26(17-4-5-17)13-16-12-18(31-2)6-7-19(16)32-3/h6-7,12,15,17H,4-5,8-11,13-14H2,1-3H3,(H,24,30)(H,25,28). The Morgan fingerprint density at radius 3 is 2.53 bits per heavy atom. The fraction of sp³-hybridized carbons (Fsp3) is 0.609. The largest absolute Gasteiger partial charge is 0.497 e. The van der Waals surface area contributed by atoms with Crippen molar-refractivity contribution in [3.63, 3.8) is 0 Å². The molecule has 4 rings (SSSR count). The molecule has 1 aliphatic heterocycles. The van der Waals surface area contributed by atoms with E-state index in [0.717, 1.165) is 42.0 Å². The van der Waals surface area contributed by atoms with Crippen molar-refractivity contribution in [2.24, 2.45) is 5.92 Å². The molecule has 1 spiro atoms. The Morgan fingerprint density at radius 2 is 1.91 bits per heavy atom. The zero-order chi connectivity index (χ0) is 22.9. The molecule has 0 radical (unpaired) electrons. The molecule has 2 aliphatic carbocycles. The van der Waals surface area contributed by atoms with Crippen molar-refractivity contribution in [1.29, 1.82) is 0 Å². The van der Waals surface area contributed by atoms with Crippen LogP contribution in [-0.2, 0) is 16.1 Å². The molecular formula is C23H32N4O5. The number of ether oxygens (including phenoxy) is 2. The number of rotatable bonds is 8. The van der Waals surface area contributed by atoms with E-state index in [1.807, 2.05) is 23.1 Å². The number of imide groups is 1. The summed E-state index contributed by atoms with van der Waals surface area (Å²) in [4.78, 5) is 40.4. The van der Waals surface area contributed by atoms with Gasteiger partial charge in [0.2, 0.25) is 0 Å². The second kappa shape index (κ2) is 8.97. The van der Waals surface area contributed by atoms with E-state index in [4.69, 9.17) is 9.47 Å². The molecule has 9 heteroatoms. The molecule has 174 valence electrons. The predicted molar refractivity (Wildman–Crippen MR) is 117 cm³/mol. The predicted octanol–water partition coefficient (Wildman–Crippen LogP) is 2.20. The first-order chi connectivity index (χ1) is 15.3. The minimum absolute atomic E-state index is 0.0755. The number of benzene rings is 1. The lowest BCUT2D eigenvalue weighted by molar-refractivity contribution is -0.140. The van der Waals surface area contributed by atoms with E-state index in [1.165, 1.54) is 0 Å². The first-order valence-electron chi connectivity index (χ1n) is 11.3. The molecule has 9 nitrogen and oxygen atoms in total. The number of methoxy groups -OCH3 is 2. The van der Waals surface area contributed by atoms with Gasteiger partial charge >= 0.3 is 6.03 Å². The van der Waals surface area contributed by atoms with Crippen LogP contribution in [-0.4, -0.2) is 60.1 Å². The Labute approximate surface area is 188 Å². The normalized spacial score (nSPS) is 25.2. The number of nitrogens with zero attached hydrogens (tertiary/aromatic N) is 2. The summed E-state index contributed by atoms with van der Waals surface area (Å²) >= 11 is 0. The van der Waals surface area contributed by atoms with Crippen molar-refractivity contribution in [2.75, 3.05) is 20.8 Å². The molecule has 1 saturated heterocycles. The zero-order valence-electron chi connectivity index (χ0n) is 19.0. The number of hydrazine groups is 1. The summed E-state index contributed by atoms with van der Waals surface area (Å²) in [5, 5.41) is 3.70. The zero-order valence-corrected chi connectivity index (χ0v) is 19.0. The maximum absolute atomic E-state index is 13.0. The average molecular weight is 445 g/mol. The molecule has 1 heterocycles. The van der Waals surface area contributed by atoms with Crippen molar-refractivity contribution >= 4 is 17.8 Å². The van der Waals surface area contributed by atoms with E-state index in [1.54, 1.807) is 14.2 Å². The summed E-state index contributed by atoms with van der Waals surface area (Å²) in [6.07, 6.45) is 4.98. The van der Waals surface area contributed by atoms with E-state index in [2.05, 4.69) is 17.7 Å². The van der Waals surface area contributed by atoms with Crippen LogP contribution in [0.2, 0.25) is 0 Å². The number of carbonyl (C=O) groups is 3. The Hall–Kier alpha value is -2.81. The molecule has 1 aromatic rings.